The SMILES string of the molecule is CC(=O)N1CCCN(CC(O)COc2cc(C)ccc2C)CC1. The first-order valence-electron chi connectivity index (χ1n) is 8.31. The highest BCUT2D eigenvalue weighted by Crippen LogP contribution is 2.19. The van der Waals surface area contributed by atoms with Crippen molar-refractivity contribution in [1.29, 1.82) is 0 Å². The average Bonchev–Trinajstić information content (AvgIpc) is 2.74. The Morgan fingerprint density at radius 3 is 2.78 bits per heavy atom. The fourth-order valence-electron chi connectivity index (χ4n) is 2.87. The van der Waals surface area contributed by atoms with Crippen LogP contribution >= 0.6 is 0 Å². The van der Waals surface area contributed by atoms with Gasteiger partial charge in [-0.05, 0) is 44.0 Å². The zero-order chi connectivity index (χ0) is 16.8. The van der Waals surface area contributed by atoms with Crippen LogP contribution in [0, 0.1) is 13.8 Å². The minimum Gasteiger partial charge on any atom is -0.491 e. The van der Waals surface area contributed by atoms with Gasteiger partial charge in [-0.1, -0.05) is 12.1 Å². The molecule has 1 fully saturated rings. The predicted molar refractivity (Wildman–Crippen MR) is 90.7 cm³/mol. The number of hydrogen-bond acceptors (Lipinski definition) is 4. The fraction of sp³-hybridized carbons (Fsp3) is 0.611. The van der Waals surface area contributed by atoms with Gasteiger partial charge in [0.15, 0.2) is 0 Å². The van der Waals surface area contributed by atoms with Crippen LogP contribution in [0.1, 0.15) is 24.5 Å². The zero-order valence-electron chi connectivity index (χ0n) is 14.4. The Morgan fingerprint density at radius 2 is 2.04 bits per heavy atom. The Hall–Kier alpha value is -1.59. The molecule has 1 saturated heterocycles. The van der Waals surface area contributed by atoms with Crippen LogP contribution in [0.4, 0.5) is 0 Å². The van der Waals surface area contributed by atoms with Crippen molar-refractivity contribution in [2.24, 2.45) is 0 Å². The first-order valence-corrected chi connectivity index (χ1v) is 8.31. The third-order valence-corrected chi connectivity index (χ3v) is 4.28. The number of aryl methyl sites for hydroxylation is 2. The van der Waals surface area contributed by atoms with Crippen molar-refractivity contribution in [1.82, 2.24) is 9.80 Å². The Balaban J connectivity index is 1.79. The molecule has 0 aliphatic carbocycles. The highest BCUT2D eigenvalue weighted by atomic mass is 16.5. The predicted octanol–water partition coefficient (Wildman–Crippen LogP) is 1.60. The maximum absolute atomic E-state index is 11.4. The number of benzene rings is 1. The summed E-state index contributed by atoms with van der Waals surface area (Å²) in [5.74, 6) is 0.966. The normalized spacial score (nSPS) is 17.7. The van der Waals surface area contributed by atoms with Gasteiger partial charge < -0.3 is 14.7 Å². The van der Waals surface area contributed by atoms with Crippen LogP contribution in [0.25, 0.3) is 0 Å². The summed E-state index contributed by atoms with van der Waals surface area (Å²) in [5.41, 5.74) is 2.23. The molecule has 1 aliphatic rings. The summed E-state index contributed by atoms with van der Waals surface area (Å²) in [6.07, 6.45) is 0.420. The molecule has 1 aromatic rings. The molecule has 0 spiro atoms. The van der Waals surface area contributed by atoms with Gasteiger partial charge in [0.25, 0.3) is 0 Å². The molecule has 1 atom stereocenters. The van der Waals surface area contributed by atoms with Crippen LogP contribution in [0.5, 0.6) is 5.75 Å². The lowest BCUT2D eigenvalue weighted by Crippen LogP contribution is -2.38. The summed E-state index contributed by atoms with van der Waals surface area (Å²) in [5, 5.41) is 10.2. The monoisotopic (exact) mass is 320 g/mol. The molecule has 1 unspecified atom stereocenters. The number of aliphatic hydroxyl groups excluding tert-OH is 1. The van der Waals surface area contributed by atoms with Crippen molar-refractivity contribution in [3.8, 4) is 5.75 Å². The molecule has 5 heteroatoms. The summed E-state index contributed by atoms with van der Waals surface area (Å²) >= 11 is 0. The highest BCUT2D eigenvalue weighted by molar-refractivity contribution is 5.73. The van der Waals surface area contributed by atoms with E-state index in [1.807, 2.05) is 30.9 Å². The first-order chi connectivity index (χ1) is 11.0. The van der Waals surface area contributed by atoms with Crippen LogP contribution in [0.3, 0.4) is 0 Å². The molecule has 5 nitrogen and oxygen atoms in total. The number of nitrogens with zero attached hydrogens (tertiary/aromatic N) is 2. The molecule has 0 radical (unpaired) electrons. The van der Waals surface area contributed by atoms with Crippen LogP contribution in [-0.2, 0) is 4.79 Å². The quantitative estimate of drug-likeness (QED) is 0.895. The average molecular weight is 320 g/mol. The van der Waals surface area contributed by atoms with E-state index in [4.69, 9.17) is 4.74 Å². The van der Waals surface area contributed by atoms with Gasteiger partial charge in [-0.2, -0.15) is 0 Å². The summed E-state index contributed by atoms with van der Waals surface area (Å²) in [6.45, 7) is 9.77. The third kappa shape index (κ3) is 5.52. The third-order valence-electron chi connectivity index (χ3n) is 4.28. The molecule has 0 saturated carbocycles. The molecule has 1 N–H and O–H groups in total. The zero-order valence-corrected chi connectivity index (χ0v) is 14.4. The second-order valence-corrected chi connectivity index (χ2v) is 6.39. The minimum atomic E-state index is -0.529. The van der Waals surface area contributed by atoms with Gasteiger partial charge in [-0.15, -0.1) is 0 Å². The summed E-state index contributed by atoms with van der Waals surface area (Å²) in [4.78, 5) is 15.5. The Morgan fingerprint density at radius 1 is 1.26 bits per heavy atom. The lowest BCUT2D eigenvalue weighted by Gasteiger charge is -2.24. The van der Waals surface area contributed by atoms with Gasteiger partial charge in [0.05, 0.1) is 0 Å². The van der Waals surface area contributed by atoms with Crippen molar-refractivity contribution in [3.05, 3.63) is 29.3 Å². The Kier molecular flexibility index (Phi) is 6.42. The van der Waals surface area contributed by atoms with E-state index in [-0.39, 0.29) is 12.5 Å². The molecule has 0 bridgehead atoms. The number of ether oxygens (including phenoxy) is 1. The molecule has 2 rings (SSSR count). The molecule has 1 aromatic carbocycles. The van der Waals surface area contributed by atoms with E-state index in [2.05, 4.69) is 11.0 Å². The number of hydrogen-bond donors (Lipinski definition) is 1. The molecule has 1 heterocycles. The standard InChI is InChI=1S/C18H28N2O3/c1-14-5-6-15(2)18(11-14)23-13-17(22)12-19-7-4-8-20(10-9-19)16(3)21/h5-6,11,17,22H,4,7-10,12-13H2,1-3H3. The molecular formula is C18H28N2O3. The largest absolute Gasteiger partial charge is 0.491 e. The van der Waals surface area contributed by atoms with Gasteiger partial charge in [0.1, 0.15) is 18.5 Å². The maximum atomic E-state index is 11.4. The Labute approximate surface area is 138 Å². The minimum absolute atomic E-state index is 0.130. The summed E-state index contributed by atoms with van der Waals surface area (Å²) < 4.78 is 5.77. The van der Waals surface area contributed by atoms with E-state index < -0.39 is 6.10 Å². The van der Waals surface area contributed by atoms with E-state index in [1.54, 1.807) is 6.92 Å². The van der Waals surface area contributed by atoms with Crippen LogP contribution < -0.4 is 4.74 Å². The van der Waals surface area contributed by atoms with E-state index in [9.17, 15) is 9.90 Å². The number of aliphatic hydroxyl groups is 1. The molecule has 0 aromatic heterocycles. The van der Waals surface area contributed by atoms with Crippen LogP contribution in [0.2, 0.25) is 0 Å². The van der Waals surface area contributed by atoms with Gasteiger partial charge in [0.2, 0.25) is 5.91 Å². The number of carbonyl (C=O) groups excluding carboxylic acids is 1. The number of carbonyl (C=O) groups is 1. The molecular weight excluding hydrogens is 292 g/mol. The highest BCUT2D eigenvalue weighted by Gasteiger charge is 2.19. The van der Waals surface area contributed by atoms with Crippen molar-refractivity contribution >= 4 is 5.91 Å². The second kappa shape index (κ2) is 8.31. The topological polar surface area (TPSA) is 53.0 Å². The van der Waals surface area contributed by atoms with Gasteiger partial charge in [-0.25, -0.2) is 0 Å². The van der Waals surface area contributed by atoms with E-state index >= 15 is 0 Å². The second-order valence-electron chi connectivity index (χ2n) is 6.39. The number of β-amino-alcohol motifs (C(OH)–C–C–N with tert-alkyl or cyclic N) is 1. The van der Waals surface area contributed by atoms with Gasteiger partial charge >= 0.3 is 0 Å². The van der Waals surface area contributed by atoms with E-state index in [1.165, 1.54) is 0 Å². The summed E-state index contributed by atoms with van der Waals surface area (Å²) in [7, 11) is 0. The smallest absolute Gasteiger partial charge is 0.219 e. The van der Waals surface area contributed by atoms with E-state index in [0.717, 1.165) is 49.5 Å². The lowest BCUT2D eigenvalue weighted by atomic mass is 10.1. The van der Waals surface area contributed by atoms with Crippen LogP contribution in [-0.4, -0.2) is 66.2 Å². The van der Waals surface area contributed by atoms with Crippen molar-refractivity contribution < 1.29 is 14.6 Å². The molecule has 1 amide bonds. The summed E-state index contributed by atoms with van der Waals surface area (Å²) in [6, 6.07) is 6.08. The van der Waals surface area contributed by atoms with Crippen molar-refractivity contribution in [3.63, 3.8) is 0 Å². The van der Waals surface area contributed by atoms with Crippen molar-refractivity contribution in [2.45, 2.75) is 33.3 Å². The molecule has 1 aliphatic heterocycles. The fourth-order valence-corrected chi connectivity index (χ4v) is 2.87. The van der Waals surface area contributed by atoms with Gasteiger partial charge in [0, 0.05) is 33.1 Å². The van der Waals surface area contributed by atoms with Gasteiger partial charge in [-0.3, -0.25) is 9.69 Å². The molecule has 23 heavy (non-hydrogen) atoms. The van der Waals surface area contributed by atoms with E-state index in [0.29, 0.717) is 6.54 Å². The van der Waals surface area contributed by atoms with Crippen molar-refractivity contribution in [2.75, 3.05) is 39.3 Å². The number of rotatable bonds is 5. The first kappa shape index (κ1) is 17.8. The molecule has 128 valence electrons. The Bertz CT molecular complexity index is 533. The van der Waals surface area contributed by atoms with Crippen LogP contribution in [0.15, 0.2) is 18.2 Å². The lowest BCUT2D eigenvalue weighted by molar-refractivity contribution is -0.128. The maximum Gasteiger partial charge on any atom is 0.219 e. The number of amides is 1.